The first kappa shape index (κ1) is 11.6. The van der Waals surface area contributed by atoms with Gasteiger partial charge in [-0.2, -0.15) is 0 Å². The lowest BCUT2D eigenvalue weighted by Gasteiger charge is -2.14. The zero-order valence-corrected chi connectivity index (χ0v) is 9.43. The van der Waals surface area contributed by atoms with E-state index in [0.717, 1.165) is 5.56 Å². The van der Waals surface area contributed by atoms with Gasteiger partial charge in [0.1, 0.15) is 0 Å². The first-order valence-corrected chi connectivity index (χ1v) is 5.72. The summed E-state index contributed by atoms with van der Waals surface area (Å²) in [7, 11) is 0. The van der Waals surface area contributed by atoms with Gasteiger partial charge in [-0.3, -0.25) is 9.59 Å². The summed E-state index contributed by atoms with van der Waals surface area (Å²) in [6, 6.07) is 7.40. The predicted molar refractivity (Wildman–Crippen MR) is 62.6 cm³/mol. The molecule has 2 rings (SSSR count). The van der Waals surface area contributed by atoms with E-state index in [1.165, 1.54) is 18.4 Å². The molecule has 1 fully saturated rings. The van der Waals surface area contributed by atoms with Crippen LogP contribution < -0.4 is 5.32 Å². The van der Waals surface area contributed by atoms with E-state index in [1.807, 2.05) is 24.3 Å². The number of carbonyl (C=O) groups excluding carboxylic acids is 1. The quantitative estimate of drug-likeness (QED) is 0.736. The molecule has 0 radical (unpaired) electrons. The molecule has 1 atom stereocenters. The molecular weight excluding hydrogens is 218 g/mol. The van der Waals surface area contributed by atoms with Crippen molar-refractivity contribution in [3.05, 3.63) is 35.4 Å². The fourth-order valence-corrected chi connectivity index (χ4v) is 1.95. The lowest BCUT2D eigenvalue weighted by molar-refractivity contribution is -0.137. The smallest absolute Gasteiger partial charge is 0.305 e. The van der Waals surface area contributed by atoms with Gasteiger partial charge < -0.3 is 10.4 Å². The molecule has 1 amide bonds. The minimum absolute atomic E-state index is 0.0957. The topological polar surface area (TPSA) is 66.4 Å². The molecular formula is C13H15NO3. The Bertz CT molecular complexity index is 409. The lowest BCUT2D eigenvalue weighted by atomic mass is 10.0. The van der Waals surface area contributed by atoms with E-state index < -0.39 is 12.0 Å². The van der Waals surface area contributed by atoms with Crippen LogP contribution in [0.1, 0.15) is 42.3 Å². The maximum Gasteiger partial charge on any atom is 0.305 e. The van der Waals surface area contributed by atoms with Crippen LogP contribution in [0.4, 0.5) is 0 Å². The van der Waals surface area contributed by atoms with Crippen molar-refractivity contribution in [1.82, 2.24) is 5.32 Å². The fraction of sp³-hybridized carbons (Fsp3) is 0.385. The highest BCUT2D eigenvalue weighted by atomic mass is 16.4. The second-order valence-electron chi connectivity index (χ2n) is 4.38. The highest BCUT2D eigenvalue weighted by Crippen LogP contribution is 2.40. The van der Waals surface area contributed by atoms with E-state index in [1.54, 1.807) is 0 Å². The Morgan fingerprint density at radius 2 is 2.06 bits per heavy atom. The maximum atomic E-state index is 10.7. The van der Waals surface area contributed by atoms with Crippen LogP contribution in [0.15, 0.2) is 24.3 Å². The van der Waals surface area contributed by atoms with E-state index >= 15 is 0 Å². The van der Waals surface area contributed by atoms with Gasteiger partial charge in [-0.1, -0.05) is 24.3 Å². The molecule has 0 aliphatic heterocycles. The van der Waals surface area contributed by atoms with Gasteiger partial charge >= 0.3 is 5.97 Å². The predicted octanol–water partition coefficient (Wildman–Crippen LogP) is 1.83. The molecule has 0 bridgehead atoms. The largest absolute Gasteiger partial charge is 0.481 e. The summed E-state index contributed by atoms with van der Waals surface area (Å²) in [6.45, 7) is 0. The van der Waals surface area contributed by atoms with Crippen LogP contribution in [0.25, 0.3) is 0 Å². The number of nitrogens with one attached hydrogen (secondary N) is 1. The number of carboxylic acid groups (broad SMARTS) is 1. The molecule has 0 aromatic heterocycles. The average molecular weight is 233 g/mol. The molecule has 1 aromatic carbocycles. The third-order valence-corrected chi connectivity index (χ3v) is 3.04. The summed E-state index contributed by atoms with van der Waals surface area (Å²) in [5.41, 5.74) is 2.14. The zero-order chi connectivity index (χ0) is 12.3. The molecule has 1 saturated carbocycles. The minimum Gasteiger partial charge on any atom is -0.481 e. The number of benzene rings is 1. The molecule has 2 N–H and O–H groups in total. The van der Waals surface area contributed by atoms with Gasteiger partial charge in [0, 0.05) is 0 Å². The van der Waals surface area contributed by atoms with Gasteiger partial charge in [0.2, 0.25) is 6.41 Å². The first-order chi connectivity index (χ1) is 8.20. The van der Waals surface area contributed by atoms with Crippen molar-refractivity contribution in [3.63, 3.8) is 0 Å². The summed E-state index contributed by atoms with van der Waals surface area (Å²) in [4.78, 5) is 21.1. The SMILES string of the molecule is O=CN[C@H](CC(=O)O)c1ccc(C2CC2)cc1. The Kier molecular flexibility index (Phi) is 3.42. The molecule has 0 unspecified atom stereocenters. The molecule has 4 heteroatoms. The number of carbonyl (C=O) groups is 2. The second-order valence-corrected chi connectivity index (χ2v) is 4.38. The number of amides is 1. The highest BCUT2D eigenvalue weighted by molar-refractivity contribution is 5.68. The van der Waals surface area contributed by atoms with Crippen LogP contribution >= 0.6 is 0 Å². The van der Waals surface area contributed by atoms with Gasteiger partial charge in [-0.25, -0.2) is 0 Å². The summed E-state index contributed by atoms with van der Waals surface area (Å²) < 4.78 is 0. The van der Waals surface area contributed by atoms with Crippen molar-refractivity contribution >= 4 is 12.4 Å². The molecule has 4 nitrogen and oxygen atoms in total. The van der Waals surface area contributed by atoms with Gasteiger partial charge in [0.05, 0.1) is 12.5 Å². The van der Waals surface area contributed by atoms with Crippen LogP contribution in [0.3, 0.4) is 0 Å². The Balaban J connectivity index is 2.10. The molecule has 0 spiro atoms. The van der Waals surface area contributed by atoms with E-state index in [2.05, 4.69) is 5.32 Å². The Morgan fingerprint density at radius 1 is 1.41 bits per heavy atom. The van der Waals surface area contributed by atoms with E-state index in [9.17, 15) is 9.59 Å². The van der Waals surface area contributed by atoms with Crippen LogP contribution in [-0.4, -0.2) is 17.5 Å². The minimum atomic E-state index is -0.921. The summed E-state index contributed by atoms with van der Waals surface area (Å²) in [6.07, 6.45) is 2.93. The molecule has 1 aromatic rings. The lowest BCUT2D eigenvalue weighted by Crippen LogP contribution is -2.22. The molecule has 1 aliphatic carbocycles. The van der Waals surface area contributed by atoms with Crippen molar-refractivity contribution in [1.29, 1.82) is 0 Å². The number of aliphatic carboxylic acids is 1. The third kappa shape index (κ3) is 3.06. The third-order valence-electron chi connectivity index (χ3n) is 3.04. The maximum absolute atomic E-state index is 10.7. The number of hydrogen-bond donors (Lipinski definition) is 2. The standard InChI is InChI=1S/C13H15NO3/c15-8-14-12(7-13(16)17)11-5-3-10(4-6-11)9-1-2-9/h3-6,8-9,12H,1-2,7H2,(H,14,15)(H,16,17)/t12-/m1/s1. The van der Waals surface area contributed by atoms with E-state index in [4.69, 9.17) is 5.11 Å². The molecule has 1 aliphatic rings. The van der Waals surface area contributed by atoms with Crippen LogP contribution in [0.5, 0.6) is 0 Å². The molecule has 0 saturated heterocycles. The van der Waals surface area contributed by atoms with E-state index in [0.29, 0.717) is 12.3 Å². The number of rotatable bonds is 6. The van der Waals surface area contributed by atoms with Crippen molar-refractivity contribution in [2.45, 2.75) is 31.2 Å². The van der Waals surface area contributed by atoms with Crippen LogP contribution in [0.2, 0.25) is 0 Å². The Labute approximate surface area is 99.6 Å². The monoisotopic (exact) mass is 233 g/mol. The Hall–Kier alpha value is -1.84. The summed E-state index contributed by atoms with van der Waals surface area (Å²) >= 11 is 0. The number of carboxylic acids is 1. The average Bonchev–Trinajstić information content (AvgIpc) is 3.12. The van der Waals surface area contributed by atoms with E-state index in [-0.39, 0.29) is 6.42 Å². The fourth-order valence-electron chi connectivity index (χ4n) is 1.95. The normalized spacial score (nSPS) is 16.2. The first-order valence-electron chi connectivity index (χ1n) is 5.72. The summed E-state index contributed by atoms with van der Waals surface area (Å²) in [5, 5.41) is 11.3. The zero-order valence-electron chi connectivity index (χ0n) is 9.43. The van der Waals surface area contributed by atoms with Gasteiger partial charge in [-0.15, -0.1) is 0 Å². The van der Waals surface area contributed by atoms with Crippen molar-refractivity contribution in [3.8, 4) is 0 Å². The van der Waals surface area contributed by atoms with Crippen molar-refractivity contribution < 1.29 is 14.7 Å². The molecule has 90 valence electrons. The van der Waals surface area contributed by atoms with Gasteiger partial charge in [-0.05, 0) is 29.9 Å². The molecule has 17 heavy (non-hydrogen) atoms. The van der Waals surface area contributed by atoms with Crippen LogP contribution in [-0.2, 0) is 9.59 Å². The second kappa shape index (κ2) is 4.99. The number of hydrogen-bond acceptors (Lipinski definition) is 2. The Morgan fingerprint density at radius 3 is 2.53 bits per heavy atom. The highest BCUT2D eigenvalue weighted by Gasteiger charge is 2.23. The van der Waals surface area contributed by atoms with Gasteiger partial charge in [0.25, 0.3) is 0 Å². The molecule has 0 heterocycles. The van der Waals surface area contributed by atoms with Gasteiger partial charge in [0.15, 0.2) is 0 Å². The van der Waals surface area contributed by atoms with Crippen molar-refractivity contribution in [2.24, 2.45) is 0 Å². The van der Waals surface area contributed by atoms with Crippen molar-refractivity contribution in [2.75, 3.05) is 0 Å². The summed E-state index contributed by atoms with van der Waals surface area (Å²) in [5.74, 6) is -0.239. The van der Waals surface area contributed by atoms with Crippen LogP contribution in [0, 0.1) is 0 Å².